The second-order valence-electron chi connectivity index (χ2n) is 5.18. The van der Waals surface area contributed by atoms with Crippen molar-refractivity contribution in [2.45, 2.75) is 17.1 Å². The molecule has 0 N–H and O–H groups in total. The van der Waals surface area contributed by atoms with Crippen LogP contribution in [0.2, 0.25) is 0 Å². The number of rotatable bonds is 6. The molecule has 0 atom stereocenters. The van der Waals surface area contributed by atoms with Gasteiger partial charge in [0.05, 0.1) is 28.8 Å². The number of hydrogen-bond acceptors (Lipinski definition) is 5. The molecule has 2 heterocycles. The Bertz CT molecular complexity index is 814. The highest BCUT2D eigenvalue weighted by Gasteiger charge is 2.33. The van der Waals surface area contributed by atoms with Crippen molar-refractivity contribution in [2.24, 2.45) is 0 Å². The lowest BCUT2D eigenvalue weighted by Gasteiger charge is -2.22. The van der Waals surface area contributed by atoms with E-state index in [2.05, 4.69) is 4.98 Å². The van der Waals surface area contributed by atoms with Crippen LogP contribution in [0.3, 0.4) is 0 Å². The molecule has 0 saturated heterocycles. The smallest absolute Gasteiger partial charge is 0.406 e. The minimum atomic E-state index is -4.47. The number of thioether (sulfide) groups is 1. The van der Waals surface area contributed by atoms with E-state index in [1.54, 1.807) is 6.07 Å². The number of carbonyl (C=O) groups excluding carboxylic acids is 1. The fraction of sp³-hybridized carbons (Fsp3) is 0.250. The van der Waals surface area contributed by atoms with Crippen LogP contribution in [-0.2, 0) is 11.3 Å². The molecular weight excluding hydrogens is 373 g/mol. The third kappa shape index (κ3) is 4.99. The van der Waals surface area contributed by atoms with Gasteiger partial charge in [0.1, 0.15) is 12.3 Å². The van der Waals surface area contributed by atoms with Crippen LogP contribution in [0.15, 0.2) is 51.4 Å². The second-order valence-corrected chi connectivity index (χ2v) is 7.43. The SMILES string of the molecule is O=C(CSc1nc2ccccc2s1)N(Cc1ccco1)CC(F)(F)F. The van der Waals surface area contributed by atoms with E-state index in [0.717, 1.165) is 26.9 Å². The molecule has 0 bridgehead atoms. The highest BCUT2D eigenvalue weighted by Crippen LogP contribution is 2.29. The van der Waals surface area contributed by atoms with E-state index >= 15 is 0 Å². The number of aromatic nitrogens is 1. The van der Waals surface area contributed by atoms with Crippen LogP contribution in [0.25, 0.3) is 10.2 Å². The van der Waals surface area contributed by atoms with Gasteiger partial charge in [0, 0.05) is 0 Å². The predicted octanol–water partition coefficient (Wildman–Crippen LogP) is 4.57. The Labute approximate surface area is 149 Å². The molecule has 0 aliphatic rings. The molecular formula is C16H13F3N2O2S2. The third-order valence-corrected chi connectivity index (χ3v) is 5.41. The van der Waals surface area contributed by atoms with Gasteiger partial charge in [-0.2, -0.15) is 13.2 Å². The number of amides is 1. The van der Waals surface area contributed by atoms with Crippen LogP contribution < -0.4 is 0 Å². The van der Waals surface area contributed by atoms with Crippen LogP contribution in [0, 0.1) is 0 Å². The molecule has 0 unspecified atom stereocenters. The maximum absolute atomic E-state index is 12.8. The Morgan fingerprint density at radius 1 is 1.24 bits per heavy atom. The van der Waals surface area contributed by atoms with Gasteiger partial charge in [-0.3, -0.25) is 4.79 Å². The molecule has 1 amide bonds. The zero-order chi connectivity index (χ0) is 17.9. The molecule has 4 nitrogen and oxygen atoms in total. The molecule has 9 heteroatoms. The van der Waals surface area contributed by atoms with E-state index in [4.69, 9.17) is 4.42 Å². The van der Waals surface area contributed by atoms with Gasteiger partial charge in [-0.25, -0.2) is 4.98 Å². The fourth-order valence-corrected chi connectivity index (χ4v) is 4.14. The molecule has 3 aromatic rings. The first-order valence-corrected chi connectivity index (χ1v) is 9.06. The molecule has 1 aromatic carbocycles. The topological polar surface area (TPSA) is 46.3 Å². The summed E-state index contributed by atoms with van der Waals surface area (Å²) in [5, 5.41) is 0. The number of benzene rings is 1. The van der Waals surface area contributed by atoms with Crippen molar-refractivity contribution < 1.29 is 22.4 Å². The summed E-state index contributed by atoms with van der Waals surface area (Å²) < 4.78 is 44.9. The van der Waals surface area contributed by atoms with Gasteiger partial charge in [-0.15, -0.1) is 11.3 Å². The molecule has 0 aliphatic heterocycles. The molecule has 0 saturated carbocycles. The van der Waals surface area contributed by atoms with Crippen LogP contribution in [0.4, 0.5) is 13.2 Å². The van der Waals surface area contributed by atoms with Gasteiger partial charge < -0.3 is 9.32 Å². The average molecular weight is 386 g/mol. The summed E-state index contributed by atoms with van der Waals surface area (Å²) in [6.07, 6.45) is -3.11. The number of thiazole rings is 1. The summed E-state index contributed by atoms with van der Waals surface area (Å²) in [7, 11) is 0. The van der Waals surface area contributed by atoms with Crippen molar-refractivity contribution in [1.82, 2.24) is 9.88 Å². The summed E-state index contributed by atoms with van der Waals surface area (Å²) in [6.45, 7) is -1.53. The number of fused-ring (bicyclic) bond motifs is 1. The van der Waals surface area contributed by atoms with Crippen molar-refractivity contribution in [1.29, 1.82) is 0 Å². The number of furan rings is 1. The Kier molecular flexibility index (Phi) is 5.33. The average Bonchev–Trinajstić information content (AvgIpc) is 3.19. The molecule has 25 heavy (non-hydrogen) atoms. The summed E-state index contributed by atoms with van der Waals surface area (Å²) >= 11 is 2.55. The largest absolute Gasteiger partial charge is 0.467 e. The lowest BCUT2D eigenvalue weighted by molar-refractivity contribution is -0.161. The summed E-state index contributed by atoms with van der Waals surface area (Å²) in [5.74, 6) is -0.420. The zero-order valence-corrected chi connectivity index (χ0v) is 14.5. The molecule has 0 spiro atoms. The first-order chi connectivity index (χ1) is 11.9. The van der Waals surface area contributed by atoms with Gasteiger partial charge in [-0.05, 0) is 24.3 Å². The van der Waals surface area contributed by atoms with Crippen molar-refractivity contribution in [3.63, 3.8) is 0 Å². The van der Waals surface area contributed by atoms with Crippen LogP contribution in [-0.4, -0.2) is 34.3 Å². The van der Waals surface area contributed by atoms with Gasteiger partial charge in [0.2, 0.25) is 5.91 Å². The fourth-order valence-electron chi connectivity index (χ4n) is 2.17. The first kappa shape index (κ1) is 17.8. The molecule has 0 aliphatic carbocycles. The predicted molar refractivity (Wildman–Crippen MR) is 90.5 cm³/mol. The van der Waals surface area contributed by atoms with Gasteiger partial charge in [0.25, 0.3) is 0 Å². The second kappa shape index (κ2) is 7.49. The van der Waals surface area contributed by atoms with Crippen molar-refractivity contribution in [2.75, 3.05) is 12.3 Å². The molecule has 0 radical (unpaired) electrons. The zero-order valence-electron chi connectivity index (χ0n) is 12.8. The van der Waals surface area contributed by atoms with E-state index in [0.29, 0.717) is 10.1 Å². The molecule has 2 aromatic heterocycles. The maximum atomic E-state index is 12.8. The Morgan fingerprint density at radius 2 is 2.04 bits per heavy atom. The number of halogens is 3. The Balaban J connectivity index is 1.66. The minimum Gasteiger partial charge on any atom is -0.467 e. The lowest BCUT2D eigenvalue weighted by atomic mass is 10.3. The maximum Gasteiger partial charge on any atom is 0.406 e. The summed E-state index contributed by atoms with van der Waals surface area (Å²) in [4.78, 5) is 17.4. The van der Waals surface area contributed by atoms with Crippen LogP contribution >= 0.6 is 23.1 Å². The number of para-hydroxylation sites is 1. The first-order valence-electron chi connectivity index (χ1n) is 7.26. The normalized spacial score (nSPS) is 11.8. The number of carbonyl (C=O) groups is 1. The number of alkyl halides is 3. The summed E-state index contributed by atoms with van der Waals surface area (Å²) in [5.41, 5.74) is 0.810. The van der Waals surface area contributed by atoms with Crippen molar-refractivity contribution in [3.8, 4) is 0 Å². The highest BCUT2D eigenvalue weighted by molar-refractivity contribution is 8.01. The van der Waals surface area contributed by atoms with E-state index in [1.807, 2.05) is 24.3 Å². The van der Waals surface area contributed by atoms with E-state index < -0.39 is 18.6 Å². The third-order valence-electron chi connectivity index (χ3n) is 3.24. The summed E-state index contributed by atoms with van der Waals surface area (Å²) in [6, 6.07) is 10.6. The van der Waals surface area contributed by atoms with Gasteiger partial charge >= 0.3 is 6.18 Å². The monoisotopic (exact) mass is 386 g/mol. The van der Waals surface area contributed by atoms with E-state index in [9.17, 15) is 18.0 Å². The molecule has 3 rings (SSSR count). The molecule has 0 fully saturated rings. The Hall–Kier alpha value is -2.00. The quantitative estimate of drug-likeness (QED) is 0.582. The van der Waals surface area contributed by atoms with Gasteiger partial charge in [-0.1, -0.05) is 23.9 Å². The Morgan fingerprint density at radius 3 is 2.72 bits per heavy atom. The van der Waals surface area contributed by atoms with Crippen LogP contribution in [0.5, 0.6) is 0 Å². The highest BCUT2D eigenvalue weighted by atomic mass is 32.2. The molecule has 132 valence electrons. The van der Waals surface area contributed by atoms with E-state index in [1.165, 1.54) is 23.7 Å². The lowest BCUT2D eigenvalue weighted by Crippen LogP contribution is -2.39. The number of hydrogen-bond donors (Lipinski definition) is 0. The number of nitrogens with zero attached hydrogens (tertiary/aromatic N) is 2. The van der Waals surface area contributed by atoms with Crippen molar-refractivity contribution in [3.05, 3.63) is 48.4 Å². The van der Waals surface area contributed by atoms with Crippen LogP contribution in [0.1, 0.15) is 5.76 Å². The van der Waals surface area contributed by atoms with Crippen molar-refractivity contribution >= 4 is 39.2 Å². The minimum absolute atomic E-state index is 0.114. The van der Waals surface area contributed by atoms with Gasteiger partial charge in [0.15, 0.2) is 4.34 Å². The standard InChI is InChI=1S/C16H13F3N2O2S2/c17-16(18,19)10-21(8-11-4-3-7-23-11)14(22)9-24-15-20-12-5-1-2-6-13(12)25-15/h1-7H,8-10H2. The van der Waals surface area contributed by atoms with E-state index in [-0.39, 0.29) is 12.3 Å².